The summed E-state index contributed by atoms with van der Waals surface area (Å²) in [6, 6.07) is 23.1. The fraction of sp³-hybridized carbons (Fsp3) is 0.240. The van der Waals surface area contributed by atoms with E-state index < -0.39 is 0 Å². The average molecular weight is 449 g/mol. The number of unbranched alkanes of at least 4 members (excludes halogenated alkanes) is 1. The highest BCUT2D eigenvalue weighted by molar-refractivity contribution is 9.10. The van der Waals surface area contributed by atoms with Crippen LogP contribution in [0, 0.1) is 13.8 Å². The van der Waals surface area contributed by atoms with Crippen molar-refractivity contribution in [3.63, 3.8) is 0 Å². The third-order valence-corrected chi connectivity index (χ3v) is 5.66. The summed E-state index contributed by atoms with van der Waals surface area (Å²) in [5.41, 5.74) is 5.78. The molecule has 0 aliphatic carbocycles. The van der Waals surface area contributed by atoms with Crippen molar-refractivity contribution in [2.75, 3.05) is 6.61 Å². The molecule has 4 aromatic rings. The van der Waals surface area contributed by atoms with Crippen LogP contribution in [0.3, 0.4) is 0 Å². The Bertz CT molecular complexity index is 1120. The maximum absolute atomic E-state index is 6.02. The third kappa shape index (κ3) is 4.54. The molecule has 0 spiro atoms. The van der Waals surface area contributed by atoms with Crippen molar-refractivity contribution in [1.29, 1.82) is 0 Å². The number of nitrogens with zero attached hydrogens (tertiary/aromatic N) is 2. The summed E-state index contributed by atoms with van der Waals surface area (Å²) in [5.74, 6) is 2.02. The van der Waals surface area contributed by atoms with E-state index in [9.17, 15) is 0 Å². The molecule has 148 valence electrons. The topological polar surface area (TPSA) is 27.1 Å². The molecule has 3 nitrogen and oxygen atoms in total. The van der Waals surface area contributed by atoms with Crippen molar-refractivity contribution >= 4 is 27.0 Å². The highest BCUT2D eigenvalue weighted by Gasteiger charge is 2.12. The Balaban J connectivity index is 1.46. The maximum Gasteiger partial charge on any atom is 0.141 e. The van der Waals surface area contributed by atoms with E-state index in [0.717, 1.165) is 53.1 Å². The molecule has 0 saturated heterocycles. The van der Waals surface area contributed by atoms with E-state index in [1.54, 1.807) is 0 Å². The molecule has 0 aliphatic rings. The van der Waals surface area contributed by atoms with E-state index in [2.05, 4.69) is 95.0 Å². The van der Waals surface area contributed by atoms with Gasteiger partial charge in [-0.2, -0.15) is 0 Å². The zero-order valence-electron chi connectivity index (χ0n) is 16.9. The molecular formula is C25H25BrN2O. The molecule has 0 saturated carbocycles. The second-order valence-corrected chi connectivity index (χ2v) is 8.32. The first kappa shape index (κ1) is 19.7. The van der Waals surface area contributed by atoms with Crippen LogP contribution in [-0.4, -0.2) is 16.2 Å². The lowest BCUT2D eigenvalue weighted by atomic mass is 10.1. The van der Waals surface area contributed by atoms with E-state index in [0.29, 0.717) is 0 Å². The first-order valence-corrected chi connectivity index (χ1v) is 10.8. The maximum atomic E-state index is 6.02. The summed E-state index contributed by atoms with van der Waals surface area (Å²) in [4.78, 5) is 4.90. The Morgan fingerprint density at radius 1 is 0.931 bits per heavy atom. The van der Waals surface area contributed by atoms with Gasteiger partial charge in [-0.3, -0.25) is 0 Å². The van der Waals surface area contributed by atoms with Crippen LogP contribution < -0.4 is 4.74 Å². The van der Waals surface area contributed by atoms with Gasteiger partial charge in [0, 0.05) is 16.6 Å². The number of halogens is 1. The van der Waals surface area contributed by atoms with Crippen LogP contribution in [0.5, 0.6) is 5.75 Å². The van der Waals surface area contributed by atoms with Crippen molar-refractivity contribution in [3.05, 3.63) is 82.3 Å². The summed E-state index contributed by atoms with van der Waals surface area (Å²) >= 11 is 3.52. The minimum Gasteiger partial charge on any atom is -0.493 e. The number of rotatable bonds is 7. The first-order chi connectivity index (χ1) is 14.1. The van der Waals surface area contributed by atoms with Crippen LogP contribution in [0.1, 0.15) is 24.0 Å². The Morgan fingerprint density at radius 2 is 1.72 bits per heavy atom. The Hall–Kier alpha value is -2.59. The third-order valence-electron chi connectivity index (χ3n) is 5.13. The monoisotopic (exact) mass is 448 g/mol. The van der Waals surface area contributed by atoms with Gasteiger partial charge < -0.3 is 9.30 Å². The van der Waals surface area contributed by atoms with Gasteiger partial charge >= 0.3 is 0 Å². The molecule has 0 fully saturated rings. The zero-order valence-corrected chi connectivity index (χ0v) is 18.4. The number of para-hydroxylation sites is 2. The lowest BCUT2D eigenvalue weighted by Crippen LogP contribution is -2.04. The normalized spacial score (nSPS) is 11.1. The van der Waals surface area contributed by atoms with Gasteiger partial charge in [-0.1, -0.05) is 52.3 Å². The molecule has 0 unspecified atom stereocenters. The minimum atomic E-state index is 0.727. The Kier molecular flexibility index (Phi) is 6.00. The quantitative estimate of drug-likeness (QED) is 0.286. The number of imidazole rings is 1. The number of benzene rings is 3. The molecule has 1 aromatic heterocycles. The van der Waals surface area contributed by atoms with E-state index in [1.165, 1.54) is 16.6 Å². The van der Waals surface area contributed by atoms with Crippen LogP contribution in [0.4, 0.5) is 0 Å². The molecule has 0 amide bonds. The van der Waals surface area contributed by atoms with Gasteiger partial charge in [-0.15, -0.1) is 0 Å². The summed E-state index contributed by atoms with van der Waals surface area (Å²) in [6.07, 6.45) is 2.04. The number of fused-ring (bicyclic) bond motifs is 1. The van der Waals surface area contributed by atoms with Gasteiger partial charge in [0.15, 0.2) is 0 Å². The van der Waals surface area contributed by atoms with Gasteiger partial charge in [-0.25, -0.2) is 4.98 Å². The van der Waals surface area contributed by atoms with Crippen LogP contribution in [0.25, 0.3) is 22.4 Å². The number of aryl methyl sites for hydroxylation is 3. The standard InChI is InChI=1S/C25H25BrN2O/c1-18-9-10-19(2)24(17-18)29-16-6-5-15-28-23-8-4-3-7-22(23)27-25(28)20-11-13-21(26)14-12-20/h3-4,7-14,17H,5-6,15-16H2,1-2H3. The average Bonchev–Trinajstić information content (AvgIpc) is 3.09. The van der Waals surface area contributed by atoms with E-state index >= 15 is 0 Å². The number of hydrogen-bond acceptors (Lipinski definition) is 2. The Labute approximate surface area is 180 Å². The summed E-state index contributed by atoms with van der Waals surface area (Å²) in [6.45, 7) is 5.84. The number of hydrogen-bond donors (Lipinski definition) is 0. The molecule has 4 rings (SSSR count). The molecule has 0 aliphatic heterocycles. The zero-order chi connectivity index (χ0) is 20.2. The summed E-state index contributed by atoms with van der Waals surface area (Å²) in [7, 11) is 0. The van der Waals surface area contributed by atoms with E-state index in [-0.39, 0.29) is 0 Å². The molecular weight excluding hydrogens is 424 g/mol. The number of aromatic nitrogens is 2. The summed E-state index contributed by atoms with van der Waals surface area (Å²) in [5, 5.41) is 0. The molecule has 4 heteroatoms. The molecule has 0 N–H and O–H groups in total. The molecule has 1 heterocycles. The molecule has 0 atom stereocenters. The van der Waals surface area contributed by atoms with Gasteiger partial charge in [0.2, 0.25) is 0 Å². The van der Waals surface area contributed by atoms with Gasteiger partial charge in [0.1, 0.15) is 11.6 Å². The SMILES string of the molecule is Cc1ccc(C)c(OCCCCn2c(-c3ccc(Br)cc3)nc3ccccc32)c1. The molecule has 0 bridgehead atoms. The van der Waals surface area contributed by atoms with Gasteiger partial charge in [0.05, 0.1) is 17.6 Å². The van der Waals surface area contributed by atoms with Gasteiger partial charge in [0.25, 0.3) is 0 Å². The van der Waals surface area contributed by atoms with Crippen LogP contribution >= 0.6 is 15.9 Å². The fourth-order valence-electron chi connectivity index (χ4n) is 3.54. The lowest BCUT2D eigenvalue weighted by molar-refractivity contribution is 0.301. The first-order valence-electron chi connectivity index (χ1n) is 10.0. The largest absolute Gasteiger partial charge is 0.493 e. The van der Waals surface area contributed by atoms with Crippen molar-refractivity contribution in [2.24, 2.45) is 0 Å². The molecule has 0 radical (unpaired) electrons. The minimum absolute atomic E-state index is 0.727. The molecule has 29 heavy (non-hydrogen) atoms. The molecule has 3 aromatic carbocycles. The predicted octanol–water partition coefficient (Wildman–Crippen LogP) is 6.94. The van der Waals surface area contributed by atoms with E-state index in [1.807, 2.05) is 6.07 Å². The Morgan fingerprint density at radius 3 is 2.55 bits per heavy atom. The van der Waals surface area contributed by atoms with Crippen molar-refractivity contribution in [1.82, 2.24) is 9.55 Å². The highest BCUT2D eigenvalue weighted by atomic mass is 79.9. The second-order valence-electron chi connectivity index (χ2n) is 7.41. The van der Waals surface area contributed by atoms with Crippen molar-refractivity contribution in [2.45, 2.75) is 33.2 Å². The fourth-order valence-corrected chi connectivity index (χ4v) is 3.80. The smallest absolute Gasteiger partial charge is 0.141 e. The van der Waals surface area contributed by atoms with Crippen LogP contribution in [0.15, 0.2) is 71.2 Å². The van der Waals surface area contributed by atoms with Crippen LogP contribution in [0.2, 0.25) is 0 Å². The highest BCUT2D eigenvalue weighted by Crippen LogP contribution is 2.27. The number of ether oxygens (including phenoxy) is 1. The van der Waals surface area contributed by atoms with Crippen molar-refractivity contribution in [3.8, 4) is 17.1 Å². The predicted molar refractivity (Wildman–Crippen MR) is 124 cm³/mol. The van der Waals surface area contributed by atoms with Crippen LogP contribution in [-0.2, 0) is 6.54 Å². The lowest BCUT2D eigenvalue weighted by Gasteiger charge is -2.12. The van der Waals surface area contributed by atoms with Gasteiger partial charge in [-0.05, 0) is 68.1 Å². The summed E-state index contributed by atoms with van der Waals surface area (Å²) < 4.78 is 9.43. The van der Waals surface area contributed by atoms with E-state index in [4.69, 9.17) is 9.72 Å². The van der Waals surface area contributed by atoms with Crippen molar-refractivity contribution < 1.29 is 4.74 Å². The second kappa shape index (κ2) is 8.83.